The van der Waals surface area contributed by atoms with Crippen molar-refractivity contribution in [1.29, 1.82) is 0 Å². The summed E-state index contributed by atoms with van der Waals surface area (Å²) in [6, 6.07) is 10.9. The molecule has 3 rings (SSSR count). The van der Waals surface area contributed by atoms with Crippen LogP contribution in [0.4, 0.5) is 11.4 Å². The molecule has 1 heterocycles. The molecule has 8 nitrogen and oxygen atoms in total. The minimum absolute atomic E-state index is 0.0888. The minimum Gasteiger partial charge on any atom is -0.271 e. The third kappa shape index (κ3) is 4.75. The molecule has 29 heavy (non-hydrogen) atoms. The van der Waals surface area contributed by atoms with Gasteiger partial charge in [0.2, 0.25) is 10.0 Å². The molecule has 1 saturated heterocycles. The summed E-state index contributed by atoms with van der Waals surface area (Å²) >= 11 is 5.90. The lowest BCUT2D eigenvalue weighted by Crippen LogP contribution is -2.27. The Kier molecular flexibility index (Phi) is 6.51. The highest BCUT2D eigenvalue weighted by molar-refractivity contribution is 7.89. The Hall–Kier alpha value is -2.49. The molecule has 154 valence electrons. The van der Waals surface area contributed by atoms with Crippen molar-refractivity contribution in [2.45, 2.75) is 31.1 Å². The topological polar surface area (TPSA) is 105 Å². The Balaban J connectivity index is 1.91. The van der Waals surface area contributed by atoms with E-state index >= 15 is 0 Å². The summed E-state index contributed by atoms with van der Waals surface area (Å²) in [5.74, 6) is 0. The zero-order valence-corrected chi connectivity index (χ0v) is 17.4. The summed E-state index contributed by atoms with van der Waals surface area (Å²) < 4.78 is 26.7. The zero-order valence-electron chi connectivity index (χ0n) is 15.8. The van der Waals surface area contributed by atoms with Crippen LogP contribution in [0.1, 0.15) is 31.7 Å². The maximum atomic E-state index is 12.7. The van der Waals surface area contributed by atoms with Gasteiger partial charge in [-0.3, -0.25) is 15.5 Å². The van der Waals surface area contributed by atoms with Crippen LogP contribution >= 0.6 is 11.6 Å². The first-order valence-electron chi connectivity index (χ1n) is 9.20. The summed E-state index contributed by atoms with van der Waals surface area (Å²) in [7, 11) is -3.74. The molecular weight excluding hydrogens is 416 g/mol. The van der Waals surface area contributed by atoms with E-state index < -0.39 is 14.9 Å². The summed E-state index contributed by atoms with van der Waals surface area (Å²) in [5.41, 5.74) is 4.00. The van der Waals surface area contributed by atoms with Gasteiger partial charge in [0.1, 0.15) is 5.69 Å². The van der Waals surface area contributed by atoms with E-state index in [0.29, 0.717) is 30.2 Å². The standard InChI is InChI=1S/C19H21ClN4O4S/c1-2-17(14-5-7-15(20)8-6-14)21-22-18-10-9-16(13-19(18)24(25)26)29(27,28)23-11-3-4-12-23/h5-10,13,22H,2-4,11-12H2,1H3/b21-17+. The van der Waals surface area contributed by atoms with Gasteiger partial charge in [0.25, 0.3) is 5.69 Å². The number of nitro benzene ring substituents is 1. The molecule has 0 aromatic heterocycles. The van der Waals surface area contributed by atoms with E-state index in [1.165, 1.54) is 16.4 Å². The maximum absolute atomic E-state index is 12.7. The number of hydrogen-bond donors (Lipinski definition) is 1. The molecule has 0 amide bonds. The molecule has 0 spiro atoms. The molecule has 0 aliphatic carbocycles. The molecule has 0 unspecified atom stereocenters. The minimum atomic E-state index is -3.74. The normalized spacial score (nSPS) is 15.4. The van der Waals surface area contributed by atoms with Gasteiger partial charge >= 0.3 is 0 Å². The van der Waals surface area contributed by atoms with Crippen LogP contribution in [0.3, 0.4) is 0 Å². The molecule has 0 bridgehead atoms. The van der Waals surface area contributed by atoms with Gasteiger partial charge in [-0.05, 0) is 49.1 Å². The van der Waals surface area contributed by atoms with Crippen molar-refractivity contribution in [1.82, 2.24) is 4.31 Å². The number of benzene rings is 2. The SMILES string of the molecule is CC/C(=N\Nc1ccc(S(=O)(=O)N2CCCC2)cc1[N+](=O)[O-])c1ccc(Cl)cc1. The molecule has 0 radical (unpaired) electrons. The number of nitro groups is 1. The lowest BCUT2D eigenvalue weighted by atomic mass is 10.1. The molecule has 1 aliphatic heterocycles. The molecule has 2 aromatic carbocycles. The van der Waals surface area contributed by atoms with Crippen molar-refractivity contribution >= 4 is 38.7 Å². The van der Waals surface area contributed by atoms with Crippen molar-refractivity contribution in [2.24, 2.45) is 5.10 Å². The highest BCUT2D eigenvalue weighted by Gasteiger charge is 2.29. The maximum Gasteiger partial charge on any atom is 0.295 e. The third-order valence-electron chi connectivity index (χ3n) is 4.69. The zero-order chi connectivity index (χ0) is 21.0. The van der Waals surface area contributed by atoms with Crippen LogP contribution < -0.4 is 5.43 Å². The van der Waals surface area contributed by atoms with E-state index in [0.717, 1.165) is 24.5 Å². The molecule has 2 aromatic rings. The average molecular weight is 437 g/mol. The number of hydrogen-bond acceptors (Lipinski definition) is 6. The fourth-order valence-electron chi connectivity index (χ4n) is 3.11. The second-order valence-corrected chi connectivity index (χ2v) is 8.95. The fourth-order valence-corrected chi connectivity index (χ4v) is 4.78. The quantitative estimate of drug-likeness (QED) is 0.396. The van der Waals surface area contributed by atoms with Gasteiger partial charge in [0.15, 0.2) is 0 Å². The van der Waals surface area contributed by atoms with E-state index in [4.69, 9.17) is 11.6 Å². The van der Waals surface area contributed by atoms with Gasteiger partial charge in [-0.2, -0.15) is 9.41 Å². The van der Waals surface area contributed by atoms with Crippen LogP contribution in [0.5, 0.6) is 0 Å². The number of hydrazone groups is 1. The van der Waals surface area contributed by atoms with Crippen molar-refractivity contribution in [2.75, 3.05) is 18.5 Å². The number of rotatable bonds is 7. The Labute approximate surface area is 174 Å². The fraction of sp³-hybridized carbons (Fsp3) is 0.316. The molecule has 0 saturated carbocycles. The van der Waals surface area contributed by atoms with Crippen molar-refractivity contribution in [3.8, 4) is 0 Å². The average Bonchev–Trinajstić information content (AvgIpc) is 3.25. The third-order valence-corrected chi connectivity index (χ3v) is 6.84. The predicted molar refractivity (Wildman–Crippen MR) is 113 cm³/mol. The highest BCUT2D eigenvalue weighted by Crippen LogP contribution is 2.30. The second kappa shape index (κ2) is 8.89. The number of sulfonamides is 1. The Morgan fingerprint density at radius 3 is 2.45 bits per heavy atom. The molecular formula is C19H21ClN4O4S. The number of nitrogens with one attached hydrogen (secondary N) is 1. The first kappa shape index (κ1) is 21.2. The molecule has 1 N–H and O–H groups in total. The van der Waals surface area contributed by atoms with Gasteiger partial charge in [-0.25, -0.2) is 8.42 Å². The van der Waals surface area contributed by atoms with E-state index in [-0.39, 0.29) is 16.3 Å². The predicted octanol–water partition coefficient (Wildman–Crippen LogP) is 4.26. The van der Waals surface area contributed by atoms with Crippen LogP contribution in [0.25, 0.3) is 0 Å². The Bertz CT molecular complexity index is 1030. The van der Waals surface area contributed by atoms with Gasteiger partial charge in [-0.15, -0.1) is 0 Å². The van der Waals surface area contributed by atoms with Crippen LogP contribution in [0.2, 0.25) is 5.02 Å². The van der Waals surface area contributed by atoms with Crippen LogP contribution in [0, 0.1) is 10.1 Å². The van der Waals surface area contributed by atoms with Crippen LogP contribution in [-0.4, -0.2) is 36.4 Å². The number of nitrogens with zero attached hydrogens (tertiary/aromatic N) is 3. The Morgan fingerprint density at radius 1 is 1.21 bits per heavy atom. The van der Waals surface area contributed by atoms with Crippen LogP contribution in [-0.2, 0) is 10.0 Å². The first-order chi connectivity index (χ1) is 13.8. The summed E-state index contributed by atoms with van der Waals surface area (Å²) in [4.78, 5) is 10.8. The van der Waals surface area contributed by atoms with Crippen LogP contribution in [0.15, 0.2) is 52.5 Å². The molecule has 1 fully saturated rings. The smallest absolute Gasteiger partial charge is 0.271 e. The number of halogens is 1. The largest absolute Gasteiger partial charge is 0.295 e. The van der Waals surface area contributed by atoms with E-state index in [9.17, 15) is 18.5 Å². The van der Waals surface area contributed by atoms with E-state index in [1.807, 2.05) is 19.1 Å². The van der Waals surface area contributed by atoms with Crippen molar-refractivity contribution < 1.29 is 13.3 Å². The van der Waals surface area contributed by atoms with Gasteiger partial charge in [0.05, 0.1) is 15.5 Å². The van der Waals surface area contributed by atoms with E-state index in [2.05, 4.69) is 10.5 Å². The van der Waals surface area contributed by atoms with Gasteiger partial charge in [-0.1, -0.05) is 30.7 Å². The van der Waals surface area contributed by atoms with Crippen molar-refractivity contribution in [3.63, 3.8) is 0 Å². The lowest BCUT2D eigenvalue weighted by Gasteiger charge is -2.15. The lowest BCUT2D eigenvalue weighted by molar-refractivity contribution is -0.384. The Morgan fingerprint density at radius 2 is 1.86 bits per heavy atom. The first-order valence-corrected chi connectivity index (χ1v) is 11.0. The van der Waals surface area contributed by atoms with Crippen molar-refractivity contribution in [3.05, 3.63) is 63.2 Å². The van der Waals surface area contributed by atoms with E-state index in [1.54, 1.807) is 12.1 Å². The monoisotopic (exact) mass is 436 g/mol. The summed E-state index contributed by atoms with van der Waals surface area (Å²) in [6.07, 6.45) is 2.17. The molecule has 0 atom stereocenters. The number of anilines is 1. The molecule has 1 aliphatic rings. The second-order valence-electron chi connectivity index (χ2n) is 6.58. The van der Waals surface area contributed by atoms with Gasteiger partial charge < -0.3 is 0 Å². The van der Waals surface area contributed by atoms with Gasteiger partial charge in [0, 0.05) is 24.2 Å². The molecule has 10 heteroatoms. The summed E-state index contributed by atoms with van der Waals surface area (Å²) in [6.45, 7) is 2.78. The highest BCUT2D eigenvalue weighted by atomic mass is 35.5. The summed E-state index contributed by atoms with van der Waals surface area (Å²) in [5, 5.41) is 16.4.